The molecule has 5 aromatic rings. The second kappa shape index (κ2) is 14.2. The molecule has 3 aromatic carbocycles. The molecule has 2 N–H and O–H groups in total. The number of para-hydroxylation sites is 1. The first-order valence-electron chi connectivity index (χ1n) is 15.1. The highest BCUT2D eigenvalue weighted by Gasteiger charge is 2.36. The maximum absolute atomic E-state index is 13.5. The Morgan fingerprint density at radius 2 is 1.55 bits per heavy atom. The van der Waals surface area contributed by atoms with E-state index in [2.05, 4.69) is 47.6 Å². The molecule has 1 unspecified atom stereocenters. The predicted molar refractivity (Wildman–Crippen MR) is 178 cm³/mol. The number of carbonyl (C=O) groups excluding carboxylic acids is 2. The fraction of sp³-hybridized carbons (Fsp3) is 0.222. The Balaban J connectivity index is 0.000000195. The summed E-state index contributed by atoms with van der Waals surface area (Å²) in [5.74, 6) is -5.06. The molecule has 0 saturated heterocycles. The van der Waals surface area contributed by atoms with E-state index >= 15 is 0 Å². The lowest BCUT2D eigenvalue weighted by molar-refractivity contribution is 0.100. The fourth-order valence-electron chi connectivity index (χ4n) is 6.10. The van der Waals surface area contributed by atoms with Crippen molar-refractivity contribution in [2.24, 2.45) is 7.05 Å². The van der Waals surface area contributed by atoms with Crippen LogP contribution < -0.4 is 10.6 Å². The molecule has 1 aliphatic rings. The molecule has 1 aliphatic carbocycles. The van der Waals surface area contributed by atoms with Crippen molar-refractivity contribution in [1.29, 1.82) is 0 Å². The van der Waals surface area contributed by atoms with Gasteiger partial charge in [0.05, 0.1) is 11.1 Å². The zero-order valence-corrected chi connectivity index (χ0v) is 27.5. The molecule has 2 heterocycles. The zero-order valence-electron chi connectivity index (χ0n) is 26.8. The second-order valence-electron chi connectivity index (χ2n) is 12.2. The summed E-state index contributed by atoms with van der Waals surface area (Å²) in [5, 5.41) is 9.20. The van der Waals surface area contributed by atoms with Crippen LogP contribution in [0.4, 0.5) is 33.3 Å². The van der Waals surface area contributed by atoms with Crippen molar-refractivity contribution in [1.82, 2.24) is 14.8 Å². The number of pyridine rings is 1. The maximum Gasteiger partial charge on any atom is 0.282 e. The first-order chi connectivity index (χ1) is 23.2. The Hall–Kier alpha value is -5.10. The molecule has 1 atom stereocenters. The summed E-state index contributed by atoms with van der Waals surface area (Å²) in [4.78, 5) is 28.8. The Kier molecular flexibility index (Phi) is 10.2. The van der Waals surface area contributed by atoms with Crippen LogP contribution in [0.3, 0.4) is 0 Å². The van der Waals surface area contributed by atoms with Gasteiger partial charge in [0.15, 0.2) is 17.5 Å². The number of aryl methyl sites for hydroxylation is 1. The number of halogens is 6. The van der Waals surface area contributed by atoms with Gasteiger partial charge in [-0.1, -0.05) is 62.7 Å². The van der Waals surface area contributed by atoms with Crippen LogP contribution >= 0.6 is 11.6 Å². The van der Waals surface area contributed by atoms with Crippen molar-refractivity contribution in [3.05, 3.63) is 130 Å². The number of aromatic nitrogens is 3. The van der Waals surface area contributed by atoms with Crippen LogP contribution in [0, 0.1) is 17.5 Å². The molecular formula is C36H31ClF5N5O2. The van der Waals surface area contributed by atoms with Gasteiger partial charge in [0.2, 0.25) is 0 Å². The Morgan fingerprint density at radius 1 is 0.918 bits per heavy atom. The molecule has 0 fully saturated rings. The quantitative estimate of drug-likeness (QED) is 0.105. The van der Waals surface area contributed by atoms with Gasteiger partial charge >= 0.3 is 0 Å². The van der Waals surface area contributed by atoms with Crippen LogP contribution in [0.25, 0.3) is 11.1 Å². The molecule has 0 aliphatic heterocycles. The molecule has 2 aromatic heterocycles. The topological polar surface area (TPSA) is 88.9 Å². The van der Waals surface area contributed by atoms with Crippen molar-refractivity contribution in [3.63, 3.8) is 0 Å². The molecule has 7 nitrogen and oxygen atoms in total. The van der Waals surface area contributed by atoms with Gasteiger partial charge in [0.1, 0.15) is 10.8 Å². The van der Waals surface area contributed by atoms with E-state index in [1.165, 1.54) is 36.4 Å². The number of benzene rings is 3. The van der Waals surface area contributed by atoms with Crippen molar-refractivity contribution in [2.45, 2.75) is 45.0 Å². The summed E-state index contributed by atoms with van der Waals surface area (Å²) in [6.45, 7) is 6.71. The van der Waals surface area contributed by atoms with E-state index in [-0.39, 0.29) is 38.9 Å². The number of hydrogen-bond donors (Lipinski definition) is 2. The van der Waals surface area contributed by atoms with E-state index in [0.717, 1.165) is 35.1 Å². The summed E-state index contributed by atoms with van der Waals surface area (Å²) in [6, 6.07) is 17.0. The average molecular weight is 696 g/mol. The molecule has 254 valence electrons. The number of carbonyl (C=O) groups is 2. The van der Waals surface area contributed by atoms with Crippen LogP contribution in [0.2, 0.25) is 5.15 Å². The van der Waals surface area contributed by atoms with Gasteiger partial charge in [-0.15, -0.1) is 0 Å². The Morgan fingerprint density at radius 3 is 2.22 bits per heavy atom. The first-order valence-corrected chi connectivity index (χ1v) is 15.5. The molecule has 13 heteroatoms. The third-order valence-corrected chi connectivity index (χ3v) is 8.48. The fourth-order valence-corrected chi connectivity index (χ4v) is 6.31. The summed E-state index contributed by atoms with van der Waals surface area (Å²) in [6.07, 6.45) is 0.839. The SMILES string of the molecule is CC1CC(C)(C)c2cccc(NC(=O)c3cccnc3Cl)c21.Cn1cc(C(=O)Nc2ccccc2-c2cc(F)c(F)c(F)c2)c(C(F)F)n1. The smallest absolute Gasteiger partial charge is 0.282 e. The average Bonchev–Trinajstić information content (AvgIpc) is 3.56. The van der Waals surface area contributed by atoms with Crippen LogP contribution in [-0.2, 0) is 12.5 Å². The Labute approximate surface area is 284 Å². The number of nitrogens with zero attached hydrogens (tertiary/aromatic N) is 3. The molecule has 0 saturated carbocycles. The van der Waals surface area contributed by atoms with Crippen LogP contribution in [0.15, 0.2) is 79.1 Å². The third kappa shape index (κ3) is 7.49. The van der Waals surface area contributed by atoms with Gasteiger partial charge in [-0.2, -0.15) is 5.10 Å². The van der Waals surface area contributed by atoms with E-state index < -0.39 is 35.5 Å². The largest absolute Gasteiger partial charge is 0.322 e. The van der Waals surface area contributed by atoms with Crippen molar-refractivity contribution in [2.75, 3.05) is 10.6 Å². The predicted octanol–water partition coefficient (Wildman–Crippen LogP) is 9.47. The molecule has 0 bridgehead atoms. The zero-order chi connectivity index (χ0) is 35.6. The number of rotatable bonds is 6. The van der Waals surface area contributed by atoms with Crippen LogP contribution in [-0.4, -0.2) is 26.6 Å². The minimum atomic E-state index is -2.96. The molecule has 0 spiro atoms. The Bertz CT molecular complexity index is 2030. The van der Waals surface area contributed by atoms with Crippen molar-refractivity contribution in [3.8, 4) is 11.1 Å². The highest BCUT2D eigenvalue weighted by molar-refractivity contribution is 6.33. The van der Waals surface area contributed by atoms with E-state index in [0.29, 0.717) is 11.5 Å². The van der Waals surface area contributed by atoms with Gasteiger partial charge in [-0.05, 0) is 70.8 Å². The van der Waals surface area contributed by atoms with Crippen LogP contribution in [0.5, 0.6) is 0 Å². The standard InChI is InChI=1S/C18H19ClN2O.C18H12F5N3O/c1-11-10-18(2,3)13-7-4-8-14(15(11)13)21-17(22)12-6-5-9-20-16(12)19;1-26-8-11(16(25-26)17(22)23)18(27)24-14-5-3-2-4-10(14)9-6-12(19)15(21)13(20)7-9/h4-9,11H,10H2,1-3H3,(H,21,22);2-8,17H,1H3,(H,24,27). The lowest BCUT2D eigenvalue weighted by atomic mass is 9.86. The number of anilines is 2. The van der Waals surface area contributed by atoms with Crippen molar-refractivity contribution >= 4 is 34.8 Å². The minimum absolute atomic E-state index is 0.0254. The highest BCUT2D eigenvalue weighted by Crippen LogP contribution is 2.48. The van der Waals surface area contributed by atoms with Gasteiger partial charge in [-0.25, -0.2) is 26.9 Å². The van der Waals surface area contributed by atoms with Gasteiger partial charge in [0.25, 0.3) is 18.2 Å². The van der Waals surface area contributed by atoms with Crippen LogP contribution in [0.1, 0.15) is 77.1 Å². The highest BCUT2D eigenvalue weighted by atomic mass is 35.5. The lowest BCUT2D eigenvalue weighted by Crippen LogP contribution is -2.15. The molecule has 0 radical (unpaired) electrons. The first kappa shape index (κ1) is 35.2. The number of hydrogen-bond acceptors (Lipinski definition) is 4. The molecule has 6 rings (SSSR count). The van der Waals surface area contributed by atoms with Gasteiger partial charge < -0.3 is 10.6 Å². The monoisotopic (exact) mass is 695 g/mol. The van der Waals surface area contributed by atoms with Gasteiger partial charge in [-0.3, -0.25) is 14.3 Å². The normalized spacial score (nSPS) is 14.6. The number of fused-ring (bicyclic) bond motifs is 1. The summed E-state index contributed by atoms with van der Waals surface area (Å²) in [5.41, 5.74) is 3.21. The molecule has 49 heavy (non-hydrogen) atoms. The van der Waals surface area contributed by atoms with Crippen molar-refractivity contribution < 1.29 is 31.5 Å². The summed E-state index contributed by atoms with van der Waals surface area (Å²) < 4.78 is 67.4. The third-order valence-electron chi connectivity index (χ3n) is 8.18. The van der Waals surface area contributed by atoms with E-state index in [9.17, 15) is 31.5 Å². The molecule has 2 amide bonds. The maximum atomic E-state index is 13.5. The number of amides is 2. The number of alkyl halides is 2. The van der Waals surface area contributed by atoms with E-state index in [4.69, 9.17) is 11.6 Å². The second-order valence-corrected chi connectivity index (χ2v) is 12.6. The lowest BCUT2D eigenvalue weighted by Gasteiger charge is -2.19. The summed E-state index contributed by atoms with van der Waals surface area (Å²) in [7, 11) is 1.39. The van der Waals surface area contributed by atoms with E-state index in [1.54, 1.807) is 24.4 Å². The minimum Gasteiger partial charge on any atom is -0.322 e. The van der Waals surface area contributed by atoms with E-state index in [1.807, 2.05) is 12.1 Å². The van der Waals surface area contributed by atoms with Gasteiger partial charge in [0, 0.05) is 36.4 Å². The molecular weight excluding hydrogens is 665 g/mol. The number of nitrogens with one attached hydrogen (secondary N) is 2. The summed E-state index contributed by atoms with van der Waals surface area (Å²) >= 11 is 6.00.